The number of carboxylic acid groups (broad SMARTS) is 2. The summed E-state index contributed by atoms with van der Waals surface area (Å²) in [5.74, 6) is -4.70. The molecule has 5 fully saturated rings. The third kappa shape index (κ3) is 8.84. The molecule has 0 bridgehead atoms. The Morgan fingerprint density at radius 3 is 2.20 bits per heavy atom. The van der Waals surface area contributed by atoms with Crippen molar-refractivity contribution >= 4 is 35.8 Å². The first-order chi connectivity index (χ1) is 26.5. The molecule has 0 amide bonds. The van der Waals surface area contributed by atoms with Gasteiger partial charge < -0.3 is 19.7 Å². The van der Waals surface area contributed by atoms with Crippen LogP contribution in [0.2, 0.25) is 0 Å². The average molecular weight is 783 g/mol. The summed E-state index contributed by atoms with van der Waals surface area (Å²) in [6, 6.07) is 0. The Bertz CT molecular complexity index is 1500. The summed E-state index contributed by atoms with van der Waals surface area (Å²) < 4.78 is 10.7. The van der Waals surface area contributed by atoms with Gasteiger partial charge in [-0.15, -0.1) is 0 Å². The van der Waals surface area contributed by atoms with E-state index in [2.05, 4.69) is 46.8 Å². The van der Waals surface area contributed by atoms with Gasteiger partial charge in [-0.2, -0.15) is 0 Å². The molecular formula is C46H70O10. The van der Waals surface area contributed by atoms with Gasteiger partial charge in [0.2, 0.25) is 0 Å². The van der Waals surface area contributed by atoms with Crippen molar-refractivity contribution in [3.05, 3.63) is 12.2 Å². The fraction of sp³-hybridized carbons (Fsp3) is 0.826. The molecule has 3 saturated carbocycles. The molecule has 1 spiro atoms. The molecule has 10 nitrogen and oxygen atoms in total. The maximum Gasteiger partial charge on any atom is 0.318 e. The topological polar surface area (TPSA) is 161 Å². The predicted molar refractivity (Wildman–Crippen MR) is 211 cm³/mol. The number of rotatable bonds is 19. The molecular weight excluding hydrogens is 712 g/mol. The van der Waals surface area contributed by atoms with Gasteiger partial charge in [0, 0.05) is 6.42 Å². The highest BCUT2D eigenvalue weighted by Crippen LogP contribution is 2.72. The molecule has 2 aliphatic heterocycles. The van der Waals surface area contributed by atoms with Crippen molar-refractivity contribution in [2.75, 3.05) is 0 Å². The summed E-state index contributed by atoms with van der Waals surface area (Å²) >= 11 is 0. The van der Waals surface area contributed by atoms with Crippen molar-refractivity contribution < 1.29 is 48.5 Å². The maximum absolute atomic E-state index is 14.2. The first-order valence-electron chi connectivity index (χ1n) is 22.1. The number of carbonyl (C=O) groups excluding carboxylic acids is 4. The molecule has 314 valence electrons. The van der Waals surface area contributed by atoms with E-state index in [9.17, 15) is 33.9 Å². The van der Waals surface area contributed by atoms with Gasteiger partial charge in [-0.25, -0.2) is 0 Å². The molecule has 12 unspecified atom stereocenters. The first kappa shape index (κ1) is 44.1. The van der Waals surface area contributed by atoms with Crippen LogP contribution in [0, 0.1) is 75.4 Å². The van der Waals surface area contributed by atoms with E-state index in [4.69, 9.17) is 14.6 Å². The highest BCUT2D eigenvalue weighted by Gasteiger charge is 2.71. The summed E-state index contributed by atoms with van der Waals surface area (Å²) in [4.78, 5) is 77.2. The largest absolute Gasteiger partial charge is 0.481 e. The number of cyclic esters (lactones) is 4. The number of allylic oxidation sites excluding steroid dienone is 2. The summed E-state index contributed by atoms with van der Waals surface area (Å²) in [7, 11) is 0. The monoisotopic (exact) mass is 782 g/mol. The molecule has 10 heteroatoms. The van der Waals surface area contributed by atoms with Gasteiger partial charge in [-0.05, 0) is 117 Å². The maximum atomic E-state index is 14.2. The number of hydrogen-bond acceptors (Lipinski definition) is 8. The minimum atomic E-state index is -0.857. The summed E-state index contributed by atoms with van der Waals surface area (Å²) in [5.41, 5.74) is -1.75. The Morgan fingerprint density at radius 2 is 1.57 bits per heavy atom. The van der Waals surface area contributed by atoms with Crippen LogP contribution in [0.15, 0.2) is 12.2 Å². The normalized spacial score (nSPS) is 36.7. The van der Waals surface area contributed by atoms with Crippen molar-refractivity contribution in [3.8, 4) is 0 Å². The Kier molecular flexibility index (Phi) is 14.4. The van der Waals surface area contributed by atoms with Gasteiger partial charge in [0.15, 0.2) is 0 Å². The number of esters is 4. The quantitative estimate of drug-likeness (QED) is 0.0559. The second-order valence-corrected chi connectivity index (χ2v) is 19.6. The Morgan fingerprint density at radius 1 is 0.875 bits per heavy atom. The minimum Gasteiger partial charge on any atom is -0.481 e. The van der Waals surface area contributed by atoms with Crippen molar-refractivity contribution in [2.24, 2.45) is 75.4 Å². The molecule has 0 aromatic carbocycles. The van der Waals surface area contributed by atoms with Gasteiger partial charge in [-0.1, -0.05) is 98.1 Å². The number of hydrogen-bond donors (Lipinski definition) is 2. The zero-order valence-corrected chi connectivity index (χ0v) is 35.0. The van der Waals surface area contributed by atoms with Crippen LogP contribution in [-0.4, -0.2) is 46.0 Å². The SMILES string of the molecule is CCC/C=C/C(CCC(CCCCCCCCC(=O)O)C1C(C(C)C)C(C)C2C(=O)OC(=O)C2C12CCC1C(C)(CCCC1(C)C(=O)O)C2)C1CC(=O)OC1=O. The smallest absolute Gasteiger partial charge is 0.318 e. The fourth-order valence-electron chi connectivity index (χ4n) is 13.5. The molecule has 56 heavy (non-hydrogen) atoms. The Labute approximate surface area is 334 Å². The second kappa shape index (κ2) is 18.3. The lowest BCUT2D eigenvalue weighted by Gasteiger charge is -2.66. The fourth-order valence-corrected chi connectivity index (χ4v) is 13.5. The van der Waals surface area contributed by atoms with E-state index < -0.39 is 64.4 Å². The van der Waals surface area contributed by atoms with Crippen molar-refractivity contribution in [1.82, 2.24) is 0 Å². The molecule has 0 radical (unpaired) electrons. The summed E-state index contributed by atoms with van der Waals surface area (Å²) in [5, 5.41) is 19.7. The van der Waals surface area contributed by atoms with Gasteiger partial charge in [0.05, 0.1) is 29.6 Å². The standard InChI is InChI=1S/C46H70O10/c1-7-8-13-17-30(32-26-35(49)55-40(32)50)20-21-31(18-14-11-9-10-12-15-19-34(47)48)38-36(28(2)3)29(4)37-39(42(52)56-41(37)51)46(38)25-22-33-44(5,27-46)23-16-24-45(33,6)43(53)54/h13,17,28-33,36-39H,7-12,14-16,18-27H2,1-6H3,(H,47,48)(H,53,54)/b17-13+. The van der Waals surface area contributed by atoms with Crippen LogP contribution in [0.25, 0.3) is 0 Å². The highest BCUT2D eigenvalue weighted by atomic mass is 16.6. The average Bonchev–Trinajstić information content (AvgIpc) is 3.63. The number of carboxylic acids is 2. The van der Waals surface area contributed by atoms with E-state index in [0.717, 1.165) is 70.6 Å². The summed E-state index contributed by atoms with van der Waals surface area (Å²) in [6.45, 7) is 12.9. The van der Waals surface area contributed by atoms with Gasteiger partial charge >= 0.3 is 35.8 Å². The lowest BCUT2D eigenvalue weighted by Crippen LogP contribution is -2.63. The lowest BCUT2D eigenvalue weighted by atomic mass is 9.37. The number of aliphatic carboxylic acids is 2. The predicted octanol–water partition coefficient (Wildman–Crippen LogP) is 9.57. The molecule has 0 aromatic heterocycles. The van der Waals surface area contributed by atoms with Crippen LogP contribution in [0.5, 0.6) is 0 Å². The minimum absolute atomic E-state index is 0.0467. The van der Waals surface area contributed by atoms with E-state index in [0.29, 0.717) is 38.5 Å². The van der Waals surface area contributed by atoms with E-state index in [1.807, 2.05) is 6.92 Å². The molecule has 12 atom stereocenters. The number of fused-ring (bicyclic) bond motifs is 3. The van der Waals surface area contributed by atoms with Gasteiger partial charge in [0.25, 0.3) is 0 Å². The van der Waals surface area contributed by atoms with Crippen LogP contribution >= 0.6 is 0 Å². The zero-order valence-electron chi connectivity index (χ0n) is 35.0. The third-order valence-corrected chi connectivity index (χ3v) is 15.8. The van der Waals surface area contributed by atoms with E-state index in [1.165, 1.54) is 0 Å². The number of unbranched alkanes of at least 4 members (excludes halogenated alkanes) is 6. The summed E-state index contributed by atoms with van der Waals surface area (Å²) in [6.07, 6.45) is 18.6. The van der Waals surface area contributed by atoms with E-state index in [-0.39, 0.29) is 59.7 Å². The Balaban J connectivity index is 1.55. The van der Waals surface area contributed by atoms with E-state index in [1.54, 1.807) is 0 Å². The van der Waals surface area contributed by atoms with Crippen LogP contribution in [0.3, 0.4) is 0 Å². The van der Waals surface area contributed by atoms with Crippen LogP contribution in [0.4, 0.5) is 0 Å². The molecule has 2 heterocycles. The molecule has 2 N–H and O–H groups in total. The molecule has 0 aromatic rings. The molecule has 5 aliphatic rings. The second-order valence-electron chi connectivity index (χ2n) is 19.6. The lowest BCUT2D eigenvalue weighted by molar-refractivity contribution is -0.200. The Hall–Kier alpha value is -3.04. The third-order valence-electron chi connectivity index (χ3n) is 15.8. The van der Waals surface area contributed by atoms with Crippen LogP contribution in [-0.2, 0) is 38.2 Å². The molecule has 3 aliphatic carbocycles. The number of carbonyl (C=O) groups is 6. The molecule has 2 saturated heterocycles. The van der Waals surface area contributed by atoms with Gasteiger partial charge in [0.1, 0.15) is 0 Å². The van der Waals surface area contributed by atoms with E-state index >= 15 is 0 Å². The molecule has 5 rings (SSSR count). The van der Waals surface area contributed by atoms with Crippen molar-refractivity contribution in [2.45, 2.75) is 164 Å². The van der Waals surface area contributed by atoms with Gasteiger partial charge in [-0.3, -0.25) is 28.8 Å². The first-order valence-corrected chi connectivity index (χ1v) is 22.1. The zero-order chi connectivity index (χ0) is 41.0. The van der Waals surface area contributed by atoms with Crippen LogP contribution in [0.1, 0.15) is 164 Å². The highest BCUT2D eigenvalue weighted by molar-refractivity contribution is 5.97. The van der Waals surface area contributed by atoms with Crippen molar-refractivity contribution in [1.29, 1.82) is 0 Å². The number of ether oxygens (including phenoxy) is 2. The van der Waals surface area contributed by atoms with Crippen molar-refractivity contribution in [3.63, 3.8) is 0 Å². The van der Waals surface area contributed by atoms with Crippen LogP contribution < -0.4 is 0 Å².